The fraction of sp³-hybridized carbons (Fsp3) is 0.455. The van der Waals surface area contributed by atoms with Crippen LogP contribution >= 0.6 is 0 Å². The van der Waals surface area contributed by atoms with Gasteiger partial charge < -0.3 is 15.4 Å². The SMILES string of the molecule is COc1cc([C@H]2C[C@@H]2NC2CCNCC2)c(NS(C)(=O)=O)cc1-c1ccccc1. The molecular weight excluding hydrogens is 386 g/mol. The van der Waals surface area contributed by atoms with Crippen LogP contribution in [0, 0.1) is 0 Å². The molecular formula is C22H29N3O3S. The molecule has 4 rings (SSSR count). The lowest BCUT2D eigenvalue weighted by Crippen LogP contribution is -2.41. The summed E-state index contributed by atoms with van der Waals surface area (Å²) < 4.78 is 32.5. The second-order valence-electron chi connectivity index (χ2n) is 8.02. The highest BCUT2D eigenvalue weighted by atomic mass is 32.2. The highest BCUT2D eigenvalue weighted by molar-refractivity contribution is 7.92. The van der Waals surface area contributed by atoms with E-state index in [1.165, 1.54) is 6.26 Å². The van der Waals surface area contributed by atoms with Crippen molar-refractivity contribution in [1.82, 2.24) is 10.6 Å². The number of hydrogen-bond acceptors (Lipinski definition) is 5. The predicted molar refractivity (Wildman–Crippen MR) is 117 cm³/mol. The maximum absolute atomic E-state index is 12.0. The molecule has 2 aliphatic rings. The minimum Gasteiger partial charge on any atom is -0.496 e. The number of ether oxygens (including phenoxy) is 1. The van der Waals surface area contributed by atoms with E-state index in [1.807, 2.05) is 42.5 Å². The van der Waals surface area contributed by atoms with Gasteiger partial charge in [0, 0.05) is 23.6 Å². The number of piperidine rings is 1. The Bertz CT molecular complexity index is 957. The van der Waals surface area contributed by atoms with Gasteiger partial charge in [0.1, 0.15) is 5.75 Å². The number of sulfonamides is 1. The highest BCUT2D eigenvalue weighted by Gasteiger charge is 2.41. The Labute approximate surface area is 173 Å². The molecule has 0 radical (unpaired) electrons. The fourth-order valence-corrected chi connectivity index (χ4v) is 4.79. The first kappa shape index (κ1) is 20.2. The van der Waals surface area contributed by atoms with Crippen molar-refractivity contribution >= 4 is 15.7 Å². The summed E-state index contributed by atoms with van der Waals surface area (Å²) in [6, 6.07) is 14.7. The van der Waals surface area contributed by atoms with E-state index in [0.29, 0.717) is 17.8 Å². The molecule has 0 unspecified atom stereocenters. The summed E-state index contributed by atoms with van der Waals surface area (Å²) in [5.41, 5.74) is 3.52. The van der Waals surface area contributed by atoms with Gasteiger partial charge in [0.05, 0.1) is 19.1 Å². The molecule has 0 amide bonds. The molecule has 2 aromatic rings. The molecule has 7 heteroatoms. The highest BCUT2D eigenvalue weighted by Crippen LogP contribution is 2.48. The first-order chi connectivity index (χ1) is 13.9. The van der Waals surface area contributed by atoms with Gasteiger partial charge >= 0.3 is 0 Å². The van der Waals surface area contributed by atoms with Crippen LogP contribution in [0.15, 0.2) is 42.5 Å². The molecule has 2 aromatic carbocycles. The van der Waals surface area contributed by atoms with Gasteiger partial charge in [0.2, 0.25) is 10.0 Å². The van der Waals surface area contributed by atoms with E-state index in [2.05, 4.69) is 15.4 Å². The average molecular weight is 416 g/mol. The molecule has 3 N–H and O–H groups in total. The van der Waals surface area contributed by atoms with E-state index in [-0.39, 0.29) is 5.92 Å². The second-order valence-corrected chi connectivity index (χ2v) is 9.77. The molecule has 0 bridgehead atoms. The Morgan fingerprint density at radius 3 is 2.48 bits per heavy atom. The lowest BCUT2D eigenvalue weighted by Gasteiger charge is -2.24. The molecule has 0 aromatic heterocycles. The van der Waals surface area contributed by atoms with Crippen LogP contribution in [0.2, 0.25) is 0 Å². The van der Waals surface area contributed by atoms with Gasteiger partial charge in [-0.1, -0.05) is 30.3 Å². The van der Waals surface area contributed by atoms with Crippen molar-refractivity contribution in [2.45, 2.75) is 37.3 Å². The molecule has 6 nitrogen and oxygen atoms in total. The first-order valence-electron chi connectivity index (χ1n) is 10.2. The van der Waals surface area contributed by atoms with E-state index in [4.69, 9.17) is 4.74 Å². The Balaban J connectivity index is 1.65. The molecule has 1 saturated heterocycles. The molecule has 1 heterocycles. The normalized spacial score (nSPS) is 22.3. The van der Waals surface area contributed by atoms with Crippen LogP contribution in [0.1, 0.15) is 30.7 Å². The summed E-state index contributed by atoms with van der Waals surface area (Å²) in [5.74, 6) is 1.05. The second kappa shape index (κ2) is 8.34. The van der Waals surface area contributed by atoms with Crippen molar-refractivity contribution in [1.29, 1.82) is 0 Å². The number of hydrogen-bond donors (Lipinski definition) is 3. The third-order valence-electron chi connectivity index (χ3n) is 5.73. The summed E-state index contributed by atoms with van der Waals surface area (Å²) in [6.07, 6.45) is 4.47. The zero-order chi connectivity index (χ0) is 20.4. The standard InChI is InChI=1S/C22H29N3O3S/c1-28-22-14-19(18-13-20(18)24-16-8-10-23-11-9-16)21(25-29(2,26)27)12-17(22)15-6-4-3-5-7-15/h3-7,12,14,16,18,20,23-25H,8-11,13H2,1-2H3/t18-,20+/m1/s1. The number of nitrogens with one attached hydrogen (secondary N) is 3. The van der Waals surface area contributed by atoms with Gasteiger partial charge in [-0.3, -0.25) is 4.72 Å². The van der Waals surface area contributed by atoms with E-state index >= 15 is 0 Å². The quantitative estimate of drug-likeness (QED) is 0.648. The van der Waals surface area contributed by atoms with Crippen molar-refractivity contribution in [3.63, 3.8) is 0 Å². The van der Waals surface area contributed by atoms with Crippen LogP contribution in [-0.2, 0) is 10.0 Å². The van der Waals surface area contributed by atoms with Crippen molar-refractivity contribution in [3.8, 4) is 16.9 Å². The van der Waals surface area contributed by atoms with Crippen molar-refractivity contribution in [3.05, 3.63) is 48.0 Å². The van der Waals surface area contributed by atoms with Crippen LogP contribution in [0.3, 0.4) is 0 Å². The maximum Gasteiger partial charge on any atom is 0.229 e. The maximum atomic E-state index is 12.0. The van der Waals surface area contributed by atoms with E-state index in [0.717, 1.165) is 54.8 Å². The fourth-order valence-electron chi connectivity index (χ4n) is 4.22. The zero-order valence-corrected chi connectivity index (χ0v) is 17.8. The van der Waals surface area contributed by atoms with Crippen LogP contribution < -0.4 is 20.1 Å². The topological polar surface area (TPSA) is 79.5 Å². The minimum absolute atomic E-state index is 0.285. The zero-order valence-electron chi connectivity index (χ0n) is 16.9. The van der Waals surface area contributed by atoms with Crippen LogP contribution in [0.5, 0.6) is 5.75 Å². The summed E-state index contributed by atoms with van der Waals surface area (Å²) in [4.78, 5) is 0. The van der Waals surface area contributed by atoms with Crippen molar-refractivity contribution < 1.29 is 13.2 Å². The lowest BCUT2D eigenvalue weighted by molar-refractivity contribution is 0.383. The summed E-state index contributed by atoms with van der Waals surface area (Å²) >= 11 is 0. The number of methoxy groups -OCH3 is 1. The summed E-state index contributed by atoms with van der Waals surface area (Å²) in [6.45, 7) is 2.10. The Morgan fingerprint density at radius 1 is 1.10 bits per heavy atom. The summed E-state index contributed by atoms with van der Waals surface area (Å²) in [7, 11) is -1.73. The third kappa shape index (κ3) is 4.91. The van der Waals surface area contributed by atoms with E-state index < -0.39 is 10.0 Å². The molecule has 2 fully saturated rings. The Kier molecular flexibility index (Phi) is 5.81. The number of anilines is 1. The van der Waals surface area contributed by atoms with Crippen molar-refractivity contribution in [2.75, 3.05) is 31.2 Å². The van der Waals surface area contributed by atoms with E-state index in [1.54, 1.807) is 7.11 Å². The first-order valence-corrected chi connectivity index (χ1v) is 12.1. The predicted octanol–water partition coefficient (Wildman–Crippen LogP) is 2.93. The van der Waals surface area contributed by atoms with Crippen LogP contribution in [0.4, 0.5) is 5.69 Å². The Morgan fingerprint density at radius 2 is 1.83 bits per heavy atom. The molecule has 29 heavy (non-hydrogen) atoms. The van der Waals surface area contributed by atoms with Crippen LogP contribution in [0.25, 0.3) is 11.1 Å². The molecule has 1 aliphatic carbocycles. The van der Waals surface area contributed by atoms with Gasteiger partial charge in [-0.15, -0.1) is 0 Å². The van der Waals surface area contributed by atoms with Crippen LogP contribution in [-0.4, -0.2) is 47.0 Å². The number of benzene rings is 2. The smallest absolute Gasteiger partial charge is 0.229 e. The third-order valence-corrected chi connectivity index (χ3v) is 6.32. The largest absolute Gasteiger partial charge is 0.496 e. The average Bonchev–Trinajstić information content (AvgIpc) is 3.46. The molecule has 156 valence electrons. The molecule has 1 aliphatic heterocycles. The van der Waals surface area contributed by atoms with Gasteiger partial charge in [-0.25, -0.2) is 8.42 Å². The minimum atomic E-state index is -3.39. The van der Waals surface area contributed by atoms with E-state index in [9.17, 15) is 8.42 Å². The van der Waals surface area contributed by atoms with Gasteiger partial charge in [0.15, 0.2) is 0 Å². The molecule has 2 atom stereocenters. The Hall–Kier alpha value is -2.09. The van der Waals surface area contributed by atoms with Crippen molar-refractivity contribution in [2.24, 2.45) is 0 Å². The molecule has 0 spiro atoms. The van der Waals surface area contributed by atoms with Gasteiger partial charge in [-0.2, -0.15) is 0 Å². The summed E-state index contributed by atoms with van der Waals surface area (Å²) in [5, 5.41) is 7.15. The number of rotatable bonds is 7. The van der Waals surface area contributed by atoms with Gasteiger partial charge in [-0.05, 0) is 55.6 Å². The lowest BCUT2D eigenvalue weighted by atomic mass is 9.98. The monoisotopic (exact) mass is 415 g/mol. The van der Waals surface area contributed by atoms with Gasteiger partial charge in [0.25, 0.3) is 0 Å². The molecule has 1 saturated carbocycles.